The molecule has 10 atom stereocenters. The summed E-state index contributed by atoms with van der Waals surface area (Å²) in [5.74, 6) is -9.34. The fourth-order valence-electron chi connectivity index (χ4n) is 10.6. The first-order valence-corrected chi connectivity index (χ1v) is 26.9. The average Bonchev–Trinajstić information content (AvgIpc) is 3.35. The lowest BCUT2D eigenvalue weighted by atomic mass is 9.77. The van der Waals surface area contributed by atoms with Gasteiger partial charge in [-0.3, -0.25) is 28.8 Å². The number of piperidine rings is 1. The van der Waals surface area contributed by atoms with Crippen LogP contribution in [0.5, 0.6) is 0 Å². The summed E-state index contributed by atoms with van der Waals surface area (Å²) >= 11 is 0. The molecule has 1 aliphatic carbocycles. The first kappa shape index (κ1) is 59.5. The van der Waals surface area contributed by atoms with Crippen LogP contribution in [0.4, 0.5) is 0 Å². The molecule has 4 fully saturated rings. The molecule has 73 heavy (non-hydrogen) atoms. The molecular weight excluding hydrogens is 939 g/mol. The molecule has 16 heteroatoms. The molecule has 1 N–H and O–H groups in total. The zero-order chi connectivity index (χ0) is 53.7. The van der Waals surface area contributed by atoms with Crippen molar-refractivity contribution in [3.8, 4) is 0 Å². The minimum absolute atomic E-state index is 0.0592. The highest BCUT2D eigenvalue weighted by atomic mass is 16.7. The number of hydrogen-bond acceptors (Lipinski definition) is 15. The zero-order valence-electron chi connectivity index (χ0n) is 45.2. The van der Waals surface area contributed by atoms with Gasteiger partial charge in [-0.1, -0.05) is 69.7 Å². The van der Waals surface area contributed by atoms with Crippen LogP contribution in [0.3, 0.4) is 0 Å². The van der Waals surface area contributed by atoms with Crippen LogP contribution >= 0.6 is 0 Å². The van der Waals surface area contributed by atoms with Gasteiger partial charge in [-0.15, -0.1) is 0 Å². The Hall–Kier alpha value is -4.35. The number of carbonyl (C=O) groups is 7. The van der Waals surface area contributed by atoms with Crippen LogP contribution in [0, 0.1) is 35.0 Å². The minimum atomic E-state index is -2.38. The van der Waals surface area contributed by atoms with Crippen molar-refractivity contribution in [1.82, 2.24) is 4.90 Å². The fraction of sp³-hybridized carbons (Fsp3) is 0.737. The molecule has 0 aromatic rings. The Morgan fingerprint density at radius 3 is 2.25 bits per heavy atom. The van der Waals surface area contributed by atoms with Gasteiger partial charge in [0.15, 0.2) is 23.5 Å². The second-order valence-electron chi connectivity index (χ2n) is 22.4. The SMILES string of the molecule is COC1C(=O)C(C)CCC=CC=CC=C(C)CCC2CCC(C)C(O)(O2)C(=O)C(=O)N2CCCCC2C(=O)OC(CC(C)C2CCC(OC(=O)C3(C)COC(C)(C)OC3)CC2)CC(=O)/C=C\C(C)C1OC(C)=O. The van der Waals surface area contributed by atoms with Crippen LogP contribution in [0.2, 0.25) is 0 Å². The summed E-state index contributed by atoms with van der Waals surface area (Å²) < 4.78 is 41.3. The summed E-state index contributed by atoms with van der Waals surface area (Å²) in [6, 6.07) is -1.15. The first-order chi connectivity index (χ1) is 34.5. The fourth-order valence-corrected chi connectivity index (χ4v) is 10.6. The Morgan fingerprint density at radius 2 is 1.58 bits per heavy atom. The van der Waals surface area contributed by atoms with E-state index in [0.29, 0.717) is 70.6 Å². The van der Waals surface area contributed by atoms with Crippen LogP contribution in [-0.2, 0) is 66.7 Å². The van der Waals surface area contributed by atoms with Gasteiger partial charge in [0.05, 0.1) is 19.3 Å². The number of rotatable bonds is 7. The van der Waals surface area contributed by atoms with Gasteiger partial charge in [0, 0.05) is 44.8 Å². The van der Waals surface area contributed by atoms with Gasteiger partial charge < -0.3 is 43.2 Å². The minimum Gasteiger partial charge on any atom is -0.462 e. The lowest BCUT2D eigenvalue weighted by Gasteiger charge is -2.42. The van der Waals surface area contributed by atoms with Gasteiger partial charge >= 0.3 is 17.9 Å². The molecule has 1 saturated carbocycles. The molecule has 5 aliphatic rings. The molecule has 0 aromatic carbocycles. The number of carbonyl (C=O) groups excluding carboxylic acids is 7. The van der Waals surface area contributed by atoms with E-state index in [-0.39, 0.29) is 62.3 Å². The standard InChI is InChI=1S/C57H85NO15/c1-36-18-14-12-11-13-15-19-37(2)48(61)50(67-10)49(70-41(6)59)38(3)22-26-43(60)33-46(32-39(4)42-24-29-44(30-25-42)72-54(65)56(9)34-68-55(7,8)69-35-56)71-53(64)47-20-16-17-31-58(47)52(63)51(62)57(66)40(5)23-28-45(73-57)27-21-36/h11-14,18,22,26,37-40,42,44-47,49-50,66H,15-17,19-21,23-25,27-35H2,1-10H3/b13-11?,14-12?,26-22-,36-18?. The van der Waals surface area contributed by atoms with E-state index in [9.17, 15) is 38.7 Å². The van der Waals surface area contributed by atoms with Crippen molar-refractivity contribution in [2.24, 2.45) is 35.0 Å². The highest BCUT2D eigenvalue weighted by Crippen LogP contribution is 2.39. The van der Waals surface area contributed by atoms with E-state index in [1.165, 1.54) is 25.0 Å². The molecular formula is C57H85NO15. The number of hydrogen-bond donors (Lipinski definition) is 1. The normalized spacial score (nSPS) is 34.7. The zero-order valence-corrected chi connectivity index (χ0v) is 45.2. The van der Waals surface area contributed by atoms with Gasteiger partial charge in [0.2, 0.25) is 5.79 Å². The molecule has 0 spiro atoms. The summed E-state index contributed by atoms with van der Waals surface area (Å²) in [4.78, 5) is 97.6. The number of ether oxygens (including phenoxy) is 7. The van der Waals surface area contributed by atoms with Gasteiger partial charge in [-0.05, 0) is 135 Å². The quantitative estimate of drug-likeness (QED) is 0.145. The number of ketones is 3. The highest BCUT2D eigenvalue weighted by molar-refractivity contribution is 6.39. The molecule has 2 bridgehead atoms. The summed E-state index contributed by atoms with van der Waals surface area (Å²) in [7, 11) is 1.39. The number of fused-ring (bicyclic) bond motifs is 3. The van der Waals surface area contributed by atoms with Crippen LogP contribution in [0.1, 0.15) is 159 Å². The summed E-state index contributed by atoms with van der Waals surface area (Å²) in [5, 5.41) is 11.9. The highest BCUT2D eigenvalue weighted by Gasteiger charge is 2.53. The number of cyclic esters (lactones) is 1. The number of Topliss-reactive ketones (excluding diaryl/α,β-unsaturated/α-hetero) is 2. The third kappa shape index (κ3) is 16.6. The van der Waals surface area contributed by atoms with E-state index < -0.39 is 94.6 Å². The van der Waals surface area contributed by atoms with E-state index in [4.69, 9.17) is 33.2 Å². The summed E-state index contributed by atoms with van der Waals surface area (Å²) in [6.07, 6.45) is 16.0. The molecule has 0 radical (unpaired) electrons. The topological polar surface area (TPSA) is 208 Å². The largest absolute Gasteiger partial charge is 0.462 e. The predicted molar refractivity (Wildman–Crippen MR) is 271 cm³/mol. The van der Waals surface area contributed by atoms with Crippen molar-refractivity contribution in [3.63, 3.8) is 0 Å². The van der Waals surface area contributed by atoms with E-state index in [1.54, 1.807) is 40.7 Å². The number of amides is 1. The molecule has 1 amide bonds. The van der Waals surface area contributed by atoms with E-state index >= 15 is 0 Å². The molecule has 4 aliphatic heterocycles. The predicted octanol–water partition coefficient (Wildman–Crippen LogP) is 8.21. The molecule has 5 rings (SSSR count). The second-order valence-corrected chi connectivity index (χ2v) is 22.4. The van der Waals surface area contributed by atoms with E-state index in [0.717, 1.165) is 18.4 Å². The Balaban J connectivity index is 1.39. The summed E-state index contributed by atoms with van der Waals surface area (Å²) in [5.41, 5.74) is 0.125. The van der Waals surface area contributed by atoms with Crippen LogP contribution in [0.15, 0.2) is 48.1 Å². The van der Waals surface area contributed by atoms with Crippen molar-refractivity contribution < 1.29 is 71.8 Å². The van der Waals surface area contributed by atoms with Crippen molar-refractivity contribution in [1.29, 1.82) is 0 Å². The lowest BCUT2D eigenvalue weighted by molar-refractivity contribution is -0.282. The van der Waals surface area contributed by atoms with Crippen LogP contribution in [-0.4, -0.2) is 126 Å². The Kier molecular flexibility index (Phi) is 22.0. The Morgan fingerprint density at radius 1 is 0.877 bits per heavy atom. The van der Waals surface area contributed by atoms with Crippen LogP contribution in [0.25, 0.3) is 0 Å². The van der Waals surface area contributed by atoms with Crippen molar-refractivity contribution in [2.45, 2.75) is 207 Å². The van der Waals surface area contributed by atoms with Crippen molar-refractivity contribution in [2.75, 3.05) is 26.9 Å². The van der Waals surface area contributed by atoms with Crippen molar-refractivity contribution in [3.05, 3.63) is 48.1 Å². The second kappa shape index (κ2) is 26.9. The smallest absolute Gasteiger partial charge is 0.329 e. The van der Waals surface area contributed by atoms with Gasteiger partial charge in [0.25, 0.3) is 11.7 Å². The van der Waals surface area contributed by atoms with Gasteiger partial charge in [-0.2, -0.15) is 0 Å². The Bertz CT molecular complexity index is 2060. The number of nitrogens with zero attached hydrogens (tertiary/aromatic N) is 1. The van der Waals surface area contributed by atoms with E-state index in [1.807, 2.05) is 51.2 Å². The lowest BCUT2D eigenvalue weighted by Crippen LogP contribution is -2.60. The van der Waals surface area contributed by atoms with Gasteiger partial charge in [0.1, 0.15) is 29.8 Å². The third-order valence-electron chi connectivity index (χ3n) is 15.7. The molecule has 10 unspecified atom stereocenters. The molecule has 0 aromatic heterocycles. The van der Waals surface area contributed by atoms with Gasteiger partial charge in [-0.25, -0.2) is 4.79 Å². The molecule has 4 heterocycles. The first-order valence-electron chi connectivity index (χ1n) is 26.9. The third-order valence-corrected chi connectivity index (χ3v) is 15.7. The van der Waals surface area contributed by atoms with Crippen LogP contribution < -0.4 is 0 Å². The maximum Gasteiger partial charge on any atom is 0.329 e. The maximum absolute atomic E-state index is 14.4. The maximum atomic E-state index is 14.4. The van der Waals surface area contributed by atoms with E-state index in [2.05, 4.69) is 0 Å². The monoisotopic (exact) mass is 1020 g/mol. The number of allylic oxidation sites excluding steroid dienone is 7. The number of aliphatic hydroxyl groups is 1. The molecule has 3 saturated heterocycles. The number of esters is 3. The van der Waals surface area contributed by atoms with Crippen molar-refractivity contribution >= 4 is 41.2 Å². The average molecular weight is 1020 g/mol. The number of methoxy groups -OCH3 is 1. The summed E-state index contributed by atoms with van der Waals surface area (Å²) in [6.45, 7) is 16.3. The molecule has 16 nitrogen and oxygen atoms in total. The Labute approximate surface area is 433 Å². The molecule has 408 valence electrons.